The molecular formula is C13H15NO2S2. The van der Waals surface area contributed by atoms with E-state index < -0.39 is 5.60 Å². The quantitative estimate of drug-likeness (QED) is 0.873. The van der Waals surface area contributed by atoms with Gasteiger partial charge in [0.2, 0.25) is 0 Å². The molecule has 0 saturated carbocycles. The molecule has 1 aliphatic rings. The predicted molar refractivity (Wildman–Crippen MR) is 75.5 cm³/mol. The van der Waals surface area contributed by atoms with Gasteiger partial charge in [-0.1, -0.05) is 0 Å². The number of carbonyl (C=O) groups excluding carboxylic acids is 1. The van der Waals surface area contributed by atoms with Crippen molar-refractivity contribution in [2.24, 2.45) is 0 Å². The average Bonchev–Trinajstić information content (AvgIpc) is 2.86. The van der Waals surface area contributed by atoms with Crippen LogP contribution in [0.3, 0.4) is 0 Å². The van der Waals surface area contributed by atoms with Crippen LogP contribution in [-0.4, -0.2) is 34.6 Å². The summed E-state index contributed by atoms with van der Waals surface area (Å²) in [5.41, 5.74) is -0.734. The van der Waals surface area contributed by atoms with Gasteiger partial charge in [0.05, 0.1) is 10.5 Å². The molecule has 0 radical (unpaired) electrons. The van der Waals surface area contributed by atoms with Gasteiger partial charge in [-0.05, 0) is 37.3 Å². The fraction of sp³-hybridized carbons (Fsp3) is 0.462. The molecule has 1 amide bonds. The lowest BCUT2D eigenvalue weighted by Gasteiger charge is -2.36. The molecule has 3 nitrogen and oxygen atoms in total. The van der Waals surface area contributed by atoms with E-state index in [0.29, 0.717) is 6.54 Å². The molecule has 1 aliphatic heterocycles. The van der Waals surface area contributed by atoms with Gasteiger partial charge in [0.15, 0.2) is 0 Å². The van der Waals surface area contributed by atoms with Gasteiger partial charge in [-0.3, -0.25) is 4.79 Å². The molecule has 5 heteroatoms. The number of hydrogen-bond donors (Lipinski definition) is 1. The van der Waals surface area contributed by atoms with Gasteiger partial charge >= 0.3 is 0 Å². The molecule has 1 unspecified atom stereocenters. The zero-order valence-electron chi connectivity index (χ0n) is 10.2. The lowest BCUT2D eigenvalue weighted by molar-refractivity contribution is -0.0105. The van der Waals surface area contributed by atoms with Crippen molar-refractivity contribution in [1.29, 1.82) is 0 Å². The predicted octanol–water partition coefficient (Wildman–Crippen LogP) is 2.95. The summed E-state index contributed by atoms with van der Waals surface area (Å²) in [6, 6.07) is 4.02. The van der Waals surface area contributed by atoms with E-state index in [1.807, 2.05) is 17.5 Å². The molecule has 2 aromatic rings. The topological polar surface area (TPSA) is 40.5 Å². The Labute approximate surface area is 114 Å². The Morgan fingerprint density at radius 3 is 3.06 bits per heavy atom. The fourth-order valence-corrected chi connectivity index (χ4v) is 4.50. The van der Waals surface area contributed by atoms with Crippen molar-refractivity contribution in [3.8, 4) is 0 Å². The zero-order valence-corrected chi connectivity index (χ0v) is 11.8. The van der Waals surface area contributed by atoms with Crippen molar-refractivity contribution in [3.63, 3.8) is 0 Å². The van der Waals surface area contributed by atoms with Crippen LogP contribution in [0.2, 0.25) is 0 Å². The first-order valence-corrected chi connectivity index (χ1v) is 7.73. The van der Waals surface area contributed by atoms with E-state index in [1.165, 1.54) is 9.40 Å². The maximum Gasteiger partial charge on any atom is 0.264 e. The van der Waals surface area contributed by atoms with Gasteiger partial charge in [-0.2, -0.15) is 0 Å². The minimum atomic E-state index is -0.734. The maximum absolute atomic E-state index is 12.4. The fourth-order valence-electron chi connectivity index (χ4n) is 2.42. The van der Waals surface area contributed by atoms with Gasteiger partial charge in [0.25, 0.3) is 5.91 Å². The normalized spacial score (nSPS) is 24.7. The molecule has 3 heterocycles. The first-order valence-electron chi connectivity index (χ1n) is 6.04. The lowest BCUT2D eigenvalue weighted by Crippen LogP contribution is -2.48. The Morgan fingerprint density at radius 2 is 2.33 bits per heavy atom. The molecule has 18 heavy (non-hydrogen) atoms. The Hall–Kier alpha value is -0.910. The highest BCUT2D eigenvalue weighted by molar-refractivity contribution is 7.27. The molecule has 1 fully saturated rings. The molecule has 0 aromatic carbocycles. The third kappa shape index (κ3) is 2.18. The van der Waals surface area contributed by atoms with Crippen molar-refractivity contribution < 1.29 is 9.90 Å². The first kappa shape index (κ1) is 12.1. The molecule has 3 rings (SSSR count). The van der Waals surface area contributed by atoms with Crippen molar-refractivity contribution in [1.82, 2.24) is 4.90 Å². The van der Waals surface area contributed by atoms with E-state index >= 15 is 0 Å². The van der Waals surface area contributed by atoms with E-state index in [9.17, 15) is 9.90 Å². The summed E-state index contributed by atoms with van der Waals surface area (Å²) in [4.78, 5) is 14.9. The second-order valence-electron chi connectivity index (χ2n) is 5.09. The van der Waals surface area contributed by atoms with Gasteiger partial charge in [-0.25, -0.2) is 0 Å². The average molecular weight is 281 g/mol. The van der Waals surface area contributed by atoms with Crippen LogP contribution in [0.1, 0.15) is 29.4 Å². The summed E-state index contributed by atoms with van der Waals surface area (Å²) in [5.74, 6) is 0.0587. The van der Waals surface area contributed by atoms with Crippen LogP contribution < -0.4 is 0 Å². The van der Waals surface area contributed by atoms with E-state index in [2.05, 4.69) is 0 Å². The van der Waals surface area contributed by atoms with Crippen LogP contribution in [-0.2, 0) is 0 Å². The highest BCUT2D eigenvalue weighted by atomic mass is 32.1. The number of β-amino-alcohol motifs (C(OH)–C–C–N with tert-alkyl or cyclic N) is 1. The highest BCUT2D eigenvalue weighted by Gasteiger charge is 2.31. The minimum Gasteiger partial charge on any atom is -0.388 e. The van der Waals surface area contributed by atoms with Crippen LogP contribution in [0.15, 0.2) is 17.5 Å². The van der Waals surface area contributed by atoms with E-state index in [-0.39, 0.29) is 5.91 Å². The number of hydrogen-bond acceptors (Lipinski definition) is 4. The summed E-state index contributed by atoms with van der Waals surface area (Å²) in [5, 5.41) is 12.1. The van der Waals surface area contributed by atoms with Gasteiger partial charge in [-0.15, -0.1) is 22.7 Å². The van der Waals surface area contributed by atoms with Crippen LogP contribution in [0.4, 0.5) is 0 Å². The molecule has 96 valence electrons. The molecule has 2 aromatic heterocycles. The Kier molecular flexibility index (Phi) is 2.92. The molecule has 0 spiro atoms. The molecule has 0 aliphatic carbocycles. The summed E-state index contributed by atoms with van der Waals surface area (Å²) < 4.78 is 2.35. The largest absolute Gasteiger partial charge is 0.388 e. The number of likely N-dealkylation sites (tertiary alicyclic amines) is 1. The Balaban J connectivity index is 1.84. The molecular weight excluding hydrogens is 266 g/mol. The molecule has 1 N–H and O–H groups in total. The highest BCUT2D eigenvalue weighted by Crippen LogP contribution is 2.31. The molecule has 0 bridgehead atoms. The van der Waals surface area contributed by atoms with Crippen molar-refractivity contribution >= 4 is 38.0 Å². The van der Waals surface area contributed by atoms with Gasteiger partial charge in [0, 0.05) is 22.5 Å². The summed E-state index contributed by atoms with van der Waals surface area (Å²) >= 11 is 3.21. The van der Waals surface area contributed by atoms with Gasteiger partial charge < -0.3 is 10.0 Å². The third-order valence-corrected chi connectivity index (χ3v) is 5.39. The first-order chi connectivity index (χ1) is 8.55. The van der Waals surface area contributed by atoms with Crippen molar-refractivity contribution in [2.75, 3.05) is 13.1 Å². The van der Waals surface area contributed by atoms with Crippen molar-refractivity contribution in [3.05, 3.63) is 22.4 Å². The Bertz CT molecular complexity index is 556. The number of nitrogens with zero attached hydrogens (tertiary/aromatic N) is 1. The lowest BCUT2D eigenvalue weighted by atomic mass is 9.95. The van der Waals surface area contributed by atoms with E-state index in [1.54, 1.807) is 34.5 Å². The van der Waals surface area contributed by atoms with Gasteiger partial charge in [0.1, 0.15) is 0 Å². The summed E-state index contributed by atoms with van der Waals surface area (Å²) in [6.07, 6.45) is 1.65. The third-order valence-electron chi connectivity index (χ3n) is 3.31. The Morgan fingerprint density at radius 1 is 1.50 bits per heavy atom. The standard InChI is InChI=1S/C13H15NO2S2/c1-13(16)4-2-5-14(8-13)12(15)11-7-10-9(18-11)3-6-17-10/h3,6-7,16H,2,4-5,8H2,1H3. The van der Waals surface area contributed by atoms with Crippen LogP contribution >= 0.6 is 22.7 Å². The van der Waals surface area contributed by atoms with Crippen LogP contribution in [0.5, 0.6) is 0 Å². The summed E-state index contributed by atoms with van der Waals surface area (Å²) in [6.45, 7) is 3.00. The number of rotatable bonds is 1. The van der Waals surface area contributed by atoms with Crippen LogP contribution in [0.25, 0.3) is 9.40 Å². The second-order valence-corrected chi connectivity index (χ2v) is 7.12. The number of aliphatic hydroxyl groups is 1. The van der Waals surface area contributed by atoms with E-state index in [4.69, 9.17) is 0 Å². The zero-order chi connectivity index (χ0) is 12.8. The summed E-state index contributed by atoms with van der Waals surface area (Å²) in [7, 11) is 0. The molecule has 1 atom stereocenters. The number of fused-ring (bicyclic) bond motifs is 1. The number of carbonyl (C=O) groups is 1. The number of amides is 1. The van der Waals surface area contributed by atoms with E-state index in [0.717, 1.165) is 24.3 Å². The SMILES string of the molecule is CC1(O)CCCN(C(=O)c2cc3sccc3s2)C1. The number of thiophene rings is 2. The monoisotopic (exact) mass is 281 g/mol. The van der Waals surface area contributed by atoms with Crippen molar-refractivity contribution in [2.45, 2.75) is 25.4 Å². The molecule has 1 saturated heterocycles. The maximum atomic E-state index is 12.4. The van der Waals surface area contributed by atoms with Crippen LogP contribution in [0, 0.1) is 0 Å². The second kappa shape index (κ2) is 4.33. The minimum absolute atomic E-state index is 0.0587. The smallest absolute Gasteiger partial charge is 0.264 e. The number of piperidine rings is 1.